The number of rotatable bonds is 7. The van der Waals surface area contributed by atoms with Crippen LogP contribution in [0.4, 0.5) is 0 Å². The number of nitrogens with one attached hydrogen (secondary N) is 1. The predicted octanol–water partition coefficient (Wildman–Crippen LogP) is 2.89. The molecule has 152 valence electrons. The topological polar surface area (TPSA) is 89.8 Å². The summed E-state index contributed by atoms with van der Waals surface area (Å²) in [7, 11) is 0. The van der Waals surface area contributed by atoms with E-state index in [9.17, 15) is 14.4 Å². The van der Waals surface area contributed by atoms with E-state index in [0.717, 1.165) is 63.5 Å². The first kappa shape index (κ1) is 19.2. The van der Waals surface area contributed by atoms with E-state index >= 15 is 0 Å². The summed E-state index contributed by atoms with van der Waals surface area (Å²) in [5.74, 6) is 0.859. The maximum atomic E-state index is 13.0. The first-order valence-corrected chi connectivity index (χ1v) is 10.7. The van der Waals surface area contributed by atoms with Crippen molar-refractivity contribution in [3.05, 3.63) is 26.7 Å². The van der Waals surface area contributed by atoms with Gasteiger partial charge in [0.25, 0.3) is 5.56 Å². The minimum Gasteiger partial charge on any atom is -0.336 e. The Morgan fingerprint density at radius 2 is 1.61 bits per heavy atom. The Balaban J connectivity index is 1.82. The van der Waals surface area contributed by atoms with Gasteiger partial charge in [-0.3, -0.25) is 13.9 Å². The summed E-state index contributed by atoms with van der Waals surface area (Å²) < 4.78 is 3.00. The van der Waals surface area contributed by atoms with E-state index < -0.39 is 0 Å². The zero-order valence-electron chi connectivity index (χ0n) is 16.9. The number of H-pyrrole nitrogens is 1. The second-order valence-electron chi connectivity index (χ2n) is 8.83. The standard InChI is InChI=1S/C21H30N4O3/c1-3-12-24-16-15(17(27)25(13-4-2)19(24)28)22-18(23-16)21-8-5-20(6-9-21,7-10-21)11-14-26/h14H,3-13H2,1-2H3,(H,22,23). The van der Waals surface area contributed by atoms with Gasteiger partial charge in [-0.05, 0) is 56.8 Å². The van der Waals surface area contributed by atoms with Crippen LogP contribution in [0.15, 0.2) is 9.59 Å². The number of aromatic amines is 1. The van der Waals surface area contributed by atoms with E-state index in [1.165, 1.54) is 4.57 Å². The molecule has 0 spiro atoms. The third-order valence-electron chi connectivity index (χ3n) is 7.18. The van der Waals surface area contributed by atoms with Crippen molar-refractivity contribution >= 4 is 17.5 Å². The molecule has 2 aromatic rings. The number of aromatic nitrogens is 4. The number of nitrogens with zero attached hydrogens (tertiary/aromatic N) is 3. The van der Waals surface area contributed by atoms with Crippen LogP contribution in [0.2, 0.25) is 0 Å². The third-order valence-corrected chi connectivity index (χ3v) is 7.18. The zero-order valence-corrected chi connectivity index (χ0v) is 16.9. The lowest BCUT2D eigenvalue weighted by molar-refractivity contribution is -0.112. The van der Waals surface area contributed by atoms with Crippen LogP contribution < -0.4 is 11.2 Å². The van der Waals surface area contributed by atoms with Crippen LogP contribution in [0.25, 0.3) is 11.2 Å². The summed E-state index contributed by atoms with van der Waals surface area (Å²) in [6.45, 7) is 4.96. The highest BCUT2D eigenvalue weighted by Gasteiger charge is 2.50. The van der Waals surface area contributed by atoms with E-state index in [1.54, 1.807) is 4.57 Å². The van der Waals surface area contributed by atoms with Crippen molar-refractivity contribution in [2.75, 3.05) is 0 Å². The maximum Gasteiger partial charge on any atom is 0.332 e. The van der Waals surface area contributed by atoms with Crippen molar-refractivity contribution in [3.8, 4) is 0 Å². The van der Waals surface area contributed by atoms with Gasteiger partial charge in [0.05, 0.1) is 0 Å². The fourth-order valence-corrected chi connectivity index (χ4v) is 5.37. The van der Waals surface area contributed by atoms with E-state index in [2.05, 4.69) is 4.98 Å². The molecular formula is C21H30N4O3. The van der Waals surface area contributed by atoms with Gasteiger partial charge >= 0.3 is 5.69 Å². The molecule has 2 heterocycles. The molecule has 0 amide bonds. The number of hydrogen-bond donors (Lipinski definition) is 1. The normalized spacial score (nSPS) is 26.8. The Morgan fingerprint density at radius 3 is 2.18 bits per heavy atom. The molecule has 0 aromatic carbocycles. The molecule has 2 bridgehead atoms. The molecule has 7 nitrogen and oxygen atoms in total. The molecular weight excluding hydrogens is 356 g/mol. The number of fused-ring (bicyclic) bond motifs is 4. The molecule has 0 atom stereocenters. The number of carbonyl (C=O) groups is 1. The summed E-state index contributed by atoms with van der Waals surface area (Å²) in [4.78, 5) is 45.1. The van der Waals surface area contributed by atoms with Gasteiger partial charge in [0, 0.05) is 24.9 Å². The average Bonchev–Trinajstić information content (AvgIpc) is 3.16. The average molecular weight is 386 g/mol. The summed E-state index contributed by atoms with van der Waals surface area (Å²) in [5.41, 5.74) is 0.567. The highest BCUT2D eigenvalue weighted by Crippen LogP contribution is 2.58. The van der Waals surface area contributed by atoms with Crippen molar-refractivity contribution in [2.24, 2.45) is 5.41 Å². The zero-order chi connectivity index (χ0) is 19.9. The molecule has 0 aliphatic heterocycles. The SMILES string of the molecule is CCCn1c(=O)c2[nH]c(C34CCC(CC=O)(CC3)CC4)nc2n(CCC)c1=O. The second kappa shape index (κ2) is 7.01. The summed E-state index contributed by atoms with van der Waals surface area (Å²) >= 11 is 0. The van der Waals surface area contributed by atoms with Gasteiger partial charge in [-0.15, -0.1) is 0 Å². The lowest BCUT2D eigenvalue weighted by atomic mass is 9.52. The minimum absolute atomic E-state index is 0.0568. The monoisotopic (exact) mass is 386 g/mol. The minimum atomic E-state index is -0.258. The van der Waals surface area contributed by atoms with E-state index in [1.807, 2.05) is 13.8 Å². The number of carbonyl (C=O) groups excluding carboxylic acids is 1. The third kappa shape index (κ3) is 2.78. The van der Waals surface area contributed by atoms with Crippen molar-refractivity contribution in [3.63, 3.8) is 0 Å². The number of aldehydes is 1. The van der Waals surface area contributed by atoms with Gasteiger partial charge in [-0.25, -0.2) is 9.78 Å². The number of imidazole rings is 1. The molecule has 3 saturated carbocycles. The van der Waals surface area contributed by atoms with Gasteiger partial charge in [-0.1, -0.05) is 13.8 Å². The van der Waals surface area contributed by atoms with E-state index in [0.29, 0.717) is 30.7 Å². The van der Waals surface area contributed by atoms with Gasteiger partial charge in [0.2, 0.25) is 0 Å². The number of hydrogen-bond acceptors (Lipinski definition) is 4. The molecule has 28 heavy (non-hydrogen) atoms. The van der Waals surface area contributed by atoms with Crippen LogP contribution in [0, 0.1) is 5.41 Å². The summed E-state index contributed by atoms with van der Waals surface area (Å²) in [6, 6.07) is 0. The van der Waals surface area contributed by atoms with Gasteiger partial charge in [0.1, 0.15) is 17.6 Å². The van der Waals surface area contributed by atoms with Crippen molar-refractivity contribution < 1.29 is 4.79 Å². The van der Waals surface area contributed by atoms with Crippen molar-refractivity contribution in [1.82, 2.24) is 19.1 Å². The highest BCUT2D eigenvalue weighted by atomic mass is 16.2. The Labute approximate surface area is 164 Å². The molecule has 0 unspecified atom stereocenters. The van der Waals surface area contributed by atoms with Crippen LogP contribution in [0.3, 0.4) is 0 Å². The maximum absolute atomic E-state index is 13.0. The predicted molar refractivity (Wildman–Crippen MR) is 108 cm³/mol. The number of aryl methyl sites for hydroxylation is 1. The Morgan fingerprint density at radius 1 is 1.00 bits per heavy atom. The lowest BCUT2D eigenvalue weighted by Crippen LogP contribution is -2.44. The molecule has 3 aliphatic rings. The van der Waals surface area contributed by atoms with Crippen molar-refractivity contribution in [1.29, 1.82) is 0 Å². The Kier molecular flexibility index (Phi) is 4.79. The van der Waals surface area contributed by atoms with Crippen LogP contribution in [0.5, 0.6) is 0 Å². The largest absolute Gasteiger partial charge is 0.336 e. The molecule has 3 aliphatic carbocycles. The van der Waals surface area contributed by atoms with E-state index in [4.69, 9.17) is 4.98 Å². The van der Waals surface area contributed by atoms with Gasteiger partial charge in [-0.2, -0.15) is 0 Å². The van der Waals surface area contributed by atoms with Crippen LogP contribution in [-0.2, 0) is 23.3 Å². The molecule has 5 rings (SSSR count). The molecule has 2 aromatic heterocycles. The van der Waals surface area contributed by atoms with Crippen LogP contribution >= 0.6 is 0 Å². The molecule has 1 N–H and O–H groups in total. The second-order valence-corrected chi connectivity index (χ2v) is 8.83. The molecule has 0 saturated heterocycles. The van der Waals surface area contributed by atoms with E-state index in [-0.39, 0.29) is 22.1 Å². The Hall–Kier alpha value is -2.18. The quantitative estimate of drug-likeness (QED) is 0.741. The first-order valence-electron chi connectivity index (χ1n) is 10.7. The highest BCUT2D eigenvalue weighted by molar-refractivity contribution is 5.70. The fourth-order valence-electron chi connectivity index (χ4n) is 5.37. The Bertz CT molecular complexity index is 989. The van der Waals surface area contributed by atoms with Crippen LogP contribution in [-0.4, -0.2) is 25.4 Å². The molecule has 0 radical (unpaired) electrons. The fraction of sp³-hybridized carbons (Fsp3) is 0.714. The summed E-state index contributed by atoms with van der Waals surface area (Å²) in [6.07, 6.45) is 9.32. The molecule has 3 fully saturated rings. The lowest BCUT2D eigenvalue weighted by Gasteiger charge is -2.52. The smallest absolute Gasteiger partial charge is 0.332 e. The van der Waals surface area contributed by atoms with Crippen molar-refractivity contribution in [2.45, 2.75) is 90.1 Å². The molecule has 7 heteroatoms. The summed E-state index contributed by atoms with van der Waals surface area (Å²) in [5, 5.41) is 0. The van der Waals surface area contributed by atoms with Gasteiger partial charge < -0.3 is 9.78 Å². The van der Waals surface area contributed by atoms with Crippen LogP contribution in [0.1, 0.15) is 77.5 Å². The van der Waals surface area contributed by atoms with Gasteiger partial charge in [0.15, 0.2) is 5.65 Å². The first-order chi connectivity index (χ1) is 13.5.